The number of benzene rings is 1. The molecule has 21 heavy (non-hydrogen) atoms. The van der Waals surface area contributed by atoms with E-state index in [1.165, 1.54) is 5.56 Å². The Kier molecular flexibility index (Phi) is 4.31. The second-order valence-electron chi connectivity index (χ2n) is 5.27. The van der Waals surface area contributed by atoms with Crippen LogP contribution in [0.2, 0.25) is 0 Å². The summed E-state index contributed by atoms with van der Waals surface area (Å²) in [6, 6.07) is 8.05. The normalized spacial score (nSPS) is 10.7. The Labute approximate surface area is 125 Å². The molecule has 1 aromatic heterocycles. The highest BCUT2D eigenvalue weighted by Gasteiger charge is 2.22. The highest BCUT2D eigenvalue weighted by atomic mass is 16.2. The lowest BCUT2D eigenvalue weighted by Crippen LogP contribution is -2.29. The van der Waals surface area contributed by atoms with Gasteiger partial charge in [0.25, 0.3) is 5.91 Å². The first kappa shape index (κ1) is 15.1. The van der Waals surface area contributed by atoms with E-state index < -0.39 is 0 Å². The first-order valence-electron chi connectivity index (χ1n) is 7.07. The van der Waals surface area contributed by atoms with Crippen LogP contribution < -0.4 is 5.73 Å². The number of amides is 1. The molecule has 2 aromatic rings. The van der Waals surface area contributed by atoms with Gasteiger partial charge in [-0.05, 0) is 24.5 Å². The van der Waals surface area contributed by atoms with Gasteiger partial charge in [0, 0.05) is 20.6 Å². The fourth-order valence-electron chi connectivity index (χ4n) is 2.41. The van der Waals surface area contributed by atoms with Gasteiger partial charge in [-0.15, -0.1) is 0 Å². The van der Waals surface area contributed by atoms with Crippen LogP contribution in [0.3, 0.4) is 0 Å². The van der Waals surface area contributed by atoms with Crippen LogP contribution in [0.25, 0.3) is 0 Å². The quantitative estimate of drug-likeness (QED) is 0.936. The first-order valence-corrected chi connectivity index (χ1v) is 7.07. The standard InChI is InChI=1S/C16H22N4O/c1-5-13-14(17)15(20(4)18-13)16(21)19(3)10-12-9-7-6-8-11(12)2/h6-9H,5,10,17H2,1-4H3. The highest BCUT2D eigenvalue weighted by Crippen LogP contribution is 2.19. The zero-order valence-corrected chi connectivity index (χ0v) is 13.1. The van der Waals surface area contributed by atoms with Crippen LogP contribution >= 0.6 is 0 Å². The lowest BCUT2D eigenvalue weighted by Gasteiger charge is -2.19. The summed E-state index contributed by atoms with van der Waals surface area (Å²) in [7, 11) is 3.54. The number of anilines is 1. The van der Waals surface area contributed by atoms with Crippen LogP contribution in [-0.4, -0.2) is 27.6 Å². The van der Waals surface area contributed by atoms with Gasteiger partial charge in [-0.25, -0.2) is 0 Å². The fourth-order valence-corrected chi connectivity index (χ4v) is 2.41. The molecule has 2 N–H and O–H groups in total. The second-order valence-corrected chi connectivity index (χ2v) is 5.27. The maximum Gasteiger partial charge on any atom is 0.274 e. The molecule has 1 heterocycles. The van der Waals surface area contributed by atoms with Gasteiger partial charge in [-0.3, -0.25) is 9.48 Å². The molecule has 0 aliphatic heterocycles. The van der Waals surface area contributed by atoms with Crippen molar-refractivity contribution in [3.63, 3.8) is 0 Å². The molecule has 0 radical (unpaired) electrons. The molecule has 5 heteroatoms. The predicted molar refractivity (Wildman–Crippen MR) is 84.0 cm³/mol. The van der Waals surface area contributed by atoms with E-state index in [4.69, 9.17) is 5.73 Å². The van der Waals surface area contributed by atoms with Crippen molar-refractivity contribution in [1.29, 1.82) is 0 Å². The van der Waals surface area contributed by atoms with Gasteiger partial charge in [0.15, 0.2) is 0 Å². The van der Waals surface area contributed by atoms with E-state index in [1.807, 2.05) is 38.1 Å². The van der Waals surface area contributed by atoms with Crippen LogP contribution in [0.4, 0.5) is 5.69 Å². The van der Waals surface area contributed by atoms with Crippen molar-refractivity contribution < 1.29 is 4.79 Å². The zero-order chi connectivity index (χ0) is 15.6. The van der Waals surface area contributed by atoms with E-state index in [1.54, 1.807) is 23.7 Å². The van der Waals surface area contributed by atoms with Crippen LogP contribution in [0.1, 0.15) is 34.2 Å². The molecule has 0 bridgehead atoms. The first-order chi connectivity index (χ1) is 9.95. The van der Waals surface area contributed by atoms with E-state index >= 15 is 0 Å². The number of hydrogen-bond acceptors (Lipinski definition) is 3. The Balaban J connectivity index is 2.24. The van der Waals surface area contributed by atoms with Crippen molar-refractivity contribution in [2.24, 2.45) is 7.05 Å². The van der Waals surface area contributed by atoms with Crippen molar-refractivity contribution in [3.05, 3.63) is 46.8 Å². The summed E-state index contributed by atoms with van der Waals surface area (Å²) in [5.74, 6) is -0.106. The maximum atomic E-state index is 12.6. The number of rotatable bonds is 4. The largest absolute Gasteiger partial charge is 0.395 e. The summed E-state index contributed by atoms with van der Waals surface area (Å²) >= 11 is 0. The number of nitrogen functional groups attached to an aromatic ring is 1. The summed E-state index contributed by atoms with van der Waals surface area (Å²) in [4.78, 5) is 14.3. The Bertz CT molecular complexity index is 660. The van der Waals surface area contributed by atoms with E-state index in [0.717, 1.165) is 11.3 Å². The molecule has 2 rings (SSSR count). The van der Waals surface area contributed by atoms with Crippen molar-refractivity contribution >= 4 is 11.6 Å². The van der Waals surface area contributed by atoms with Crippen molar-refractivity contribution in [2.45, 2.75) is 26.8 Å². The number of hydrogen-bond donors (Lipinski definition) is 1. The molecule has 0 atom stereocenters. The minimum Gasteiger partial charge on any atom is -0.395 e. The molecular formula is C16H22N4O. The summed E-state index contributed by atoms with van der Waals surface area (Å²) < 4.78 is 1.57. The molecule has 0 saturated heterocycles. The number of carbonyl (C=O) groups is 1. The molecule has 0 aliphatic carbocycles. The van der Waals surface area contributed by atoms with Crippen LogP contribution in [-0.2, 0) is 20.0 Å². The van der Waals surface area contributed by atoms with Crippen LogP contribution in [0.15, 0.2) is 24.3 Å². The Morgan fingerprint density at radius 2 is 2.05 bits per heavy atom. The lowest BCUT2D eigenvalue weighted by atomic mass is 10.1. The summed E-state index contributed by atoms with van der Waals surface area (Å²) in [5, 5.41) is 4.30. The molecule has 112 valence electrons. The Hall–Kier alpha value is -2.30. The molecule has 1 aromatic carbocycles. The fraction of sp³-hybridized carbons (Fsp3) is 0.375. The average molecular weight is 286 g/mol. The molecule has 1 amide bonds. The summed E-state index contributed by atoms with van der Waals surface area (Å²) in [6.07, 6.45) is 0.717. The van der Waals surface area contributed by atoms with Gasteiger partial charge in [0.1, 0.15) is 5.69 Å². The van der Waals surface area contributed by atoms with Crippen molar-refractivity contribution in [3.8, 4) is 0 Å². The van der Waals surface area contributed by atoms with E-state index in [0.29, 0.717) is 24.3 Å². The summed E-state index contributed by atoms with van der Waals surface area (Å²) in [5.41, 5.74) is 10.1. The van der Waals surface area contributed by atoms with Gasteiger partial charge in [-0.2, -0.15) is 5.10 Å². The number of aromatic nitrogens is 2. The summed E-state index contributed by atoms with van der Waals surface area (Å²) in [6.45, 7) is 4.57. The third-order valence-electron chi connectivity index (χ3n) is 3.71. The molecule has 0 fully saturated rings. The van der Waals surface area contributed by atoms with E-state index in [-0.39, 0.29) is 5.91 Å². The van der Waals surface area contributed by atoms with Crippen molar-refractivity contribution in [2.75, 3.05) is 12.8 Å². The number of nitrogens with two attached hydrogens (primary N) is 1. The monoisotopic (exact) mass is 286 g/mol. The van der Waals surface area contributed by atoms with Crippen LogP contribution in [0, 0.1) is 6.92 Å². The molecule has 5 nitrogen and oxygen atoms in total. The Morgan fingerprint density at radius 1 is 1.38 bits per heavy atom. The number of aryl methyl sites for hydroxylation is 3. The van der Waals surface area contributed by atoms with Gasteiger partial charge in [0.05, 0.1) is 11.4 Å². The topological polar surface area (TPSA) is 64.2 Å². The smallest absolute Gasteiger partial charge is 0.274 e. The minimum absolute atomic E-state index is 0.106. The molecule has 0 aliphatic rings. The van der Waals surface area contributed by atoms with E-state index in [2.05, 4.69) is 5.10 Å². The zero-order valence-electron chi connectivity index (χ0n) is 13.1. The predicted octanol–water partition coefficient (Wildman–Crippen LogP) is 2.15. The molecule has 0 spiro atoms. The number of carbonyl (C=O) groups excluding carboxylic acids is 1. The third kappa shape index (κ3) is 2.91. The van der Waals surface area contributed by atoms with Crippen molar-refractivity contribution in [1.82, 2.24) is 14.7 Å². The molecular weight excluding hydrogens is 264 g/mol. The maximum absolute atomic E-state index is 12.6. The van der Waals surface area contributed by atoms with Gasteiger partial charge in [0.2, 0.25) is 0 Å². The van der Waals surface area contributed by atoms with Gasteiger partial charge < -0.3 is 10.6 Å². The van der Waals surface area contributed by atoms with Gasteiger partial charge >= 0.3 is 0 Å². The second kappa shape index (κ2) is 5.99. The highest BCUT2D eigenvalue weighted by molar-refractivity contribution is 5.97. The lowest BCUT2D eigenvalue weighted by molar-refractivity contribution is 0.0775. The SMILES string of the molecule is CCc1nn(C)c(C(=O)N(C)Cc2ccccc2C)c1N. The third-order valence-corrected chi connectivity index (χ3v) is 3.71. The van der Waals surface area contributed by atoms with E-state index in [9.17, 15) is 4.79 Å². The number of nitrogens with zero attached hydrogens (tertiary/aromatic N) is 3. The van der Waals surface area contributed by atoms with Crippen LogP contribution in [0.5, 0.6) is 0 Å². The average Bonchev–Trinajstić information content (AvgIpc) is 2.75. The minimum atomic E-state index is -0.106. The molecule has 0 unspecified atom stereocenters. The Morgan fingerprint density at radius 3 is 2.62 bits per heavy atom. The van der Waals surface area contributed by atoms with Gasteiger partial charge in [-0.1, -0.05) is 31.2 Å². The molecule has 0 saturated carbocycles.